The van der Waals surface area contributed by atoms with Gasteiger partial charge in [-0.2, -0.15) is 0 Å². The number of likely N-dealkylation sites (tertiary alicyclic amines) is 1. The number of aryl methyl sites for hydroxylation is 3. The number of hydrogen-bond donors (Lipinski definition) is 1. The molecule has 0 radical (unpaired) electrons. The lowest BCUT2D eigenvalue weighted by molar-refractivity contribution is -0.143. The molecule has 3 heteroatoms. The van der Waals surface area contributed by atoms with E-state index < -0.39 is 5.97 Å². The normalized spacial score (nSPS) is 17.4. The fourth-order valence-electron chi connectivity index (χ4n) is 3.28. The lowest BCUT2D eigenvalue weighted by Crippen LogP contribution is -2.37. The van der Waals surface area contributed by atoms with Crippen molar-refractivity contribution < 1.29 is 9.90 Å². The van der Waals surface area contributed by atoms with Crippen LogP contribution in [0.4, 0.5) is 0 Å². The van der Waals surface area contributed by atoms with Crippen LogP contribution in [0.1, 0.15) is 35.1 Å². The number of aliphatic carboxylic acids is 1. The first-order valence-electron chi connectivity index (χ1n) is 7.49. The zero-order valence-corrected chi connectivity index (χ0v) is 12.8. The molecule has 1 aliphatic heterocycles. The molecule has 0 aromatic heterocycles. The average molecular weight is 275 g/mol. The molecular weight excluding hydrogens is 250 g/mol. The zero-order valence-electron chi connectivity index (χ0n) is 12.8. The highest BCUT2D eigenvalue weighted by atomic mass is 16.4. The van der Waals surface area contributed by atoms with Gasteiger partial charge in [-0.25, -0.2) is 0 Å². The van der Waals surface area contributed by atoms with Crippen LogP contribution in [0.25, 0.3) is 0 Å². The van der Waals surface area contributed by atoms with Crippen molar-refractivity contribution in [3.05, 3.63) is 34.4 Å². The highest BCUT2D eigenvalue weighted by Crippen LogP contribution is 2.20. The van der Waals surface area contributed by atoms with Crippen molar-refractivity contribution >= 4 is 5.97 Å². The van der Waals surface area contributed by atoms with E-state index in [0.29, 0.717) is 0 Å². The van der Waals surface area contributed by atoms with Gasteiger partial charge >= 0.3 is 5.97 Å². The van der Waals surface area contributed by atoms with Crippen molar-refractivity contribution in [2.75, 3.05) is 19.6 Å². The third kappa shape index (κ3) is 3.60. The predicted octanol–water partition coefficient (Wildman–Crippen LogP) is 2.95. The highest BCUT2D eigenvalue weighted by Gasteiger charge is 2.24. The van der Waals surface area contributed by atoms with Crippen LogP contribution in [0, 0.1) is 26.7 Å². The maximum Gasteiger partial charge on any atom is 0.306 e. The minimum atomic E-state index is -0.630. The largest absolute Gasteiger partial charge is 0.481 e. The Morgan fingerprint density at radius 1 is 1.20 bits per heavy atom. The first-order chi connectivity index (χ1) is 9.47. The van der Waals surface area contributed by atoms with Gasteiger partial charge in [0.2, 0.25) is 0 Å². The van der Waals surface area contributed by atoms with Crippen molar-refractivity contribution in [1.29, 1.82) is 0 Å². The van der Waals surface area contributed by atoms with Crippen LogP contribution in [-0.2, 0) is 11.2 Å². The van der Waals surface area contributed by atoms with E-state index in [-0.39, 0.29) is 5.92 Å². The molecule has 20 heavy (non-hydrogen) atoms. The summed E-state index contributed by atoms with van der Waals surface area (Å²) in [5, 5.41) is 9.01. The average Bonchev–Trinajstić information content (AvgIpc) is 2.38. The van der Waals surface area contributed by atoms with Gasteiger partial charge in [0.1, 0.15) is 0 Å². The number of benzene rings is 1. The Bertz CT molecular complexity index is 465. The quantitative estimate of drug-likeness (QED) is 0.918. The van der Waals surface area contributed by atoms with E-state index >= 15 is 0 Å². The van der Waals surface area contributed by atoms with Gasteiger partial charge in [0.15, 0.2) is 0 Å². The van der Waals surface area contributed by atoms with Gasteiger partial charge in [-0.1, -0.05) is 17.7 Å². The van der Waals surface area contributed by atoms with Gasteiger partial charge in [-0.3, -0.25) is 4.79 Å². The fourth-order valence-corrected chi connectivity index (χ4v) is 3.28. The third-order valence-electron chi connectivity index (χ3n) is 4.46. The summed E-state index contributed by atoms with van der Waals surface area (Å²) < 4.78 is 0. The minimum Gasteiger partial charge on any atom is -0.481 e. The van der Waals surface area contributed by atoms with Crippen molar-refractivity contribution in [2.24, 2.45) is 5.92 Å². The molecule has 2 rings (SSSR count). The number of carboxylic acids is 1. The van der Waals surface area contributed by atoms with Crippen molar-refractivity contribution in [3.8, 4) is 0 Å². The second-order valence-corrected chi connectivity index (χ2v) is 6.08. The Labute approximate surface area is 121 Å². The van der Waals surface area contributed by atoms with Crippen molar-refractivity contribution in [3.63, 3.8) is 0 Å². The van der Waals surface area contributed by atoms with E-state index in [1.165, 1.54) is 22.3 Å². The maximum absolute atomic E-state index is 10.9. The van der Waals surface area contributed by atoms with Crippen LogP contribution in [0.3, 0.4) is 0 Å². The van der Waals surface area contributed by atoms with Crippen LogP contribution in [0.2, 0.25) is 0 Å². The molecule has 110 valence electrons. The second kappa shape index (κ2) is 6.40. The van der Waals surface area contributed by atoms with E-state index in [1.54, 1.807) is 0 Å². The molecule has 0 saturated carbocycles. The second-order valence-electron chi connectivity index (χ2n) is 6.08. The Hall–Kier alpha value is -1.35. The molecule has 0 atom stereocenters. The number of carbonyl (C=O) groups is 1. The summed E-state index contributed by atoms with van der Waals surface area (Å²) in [6, 6.07) is 4.50. The van der Waals surface area contributed by atoms with Crippen LogP contribution in [0.15, 0.2) is 12.1 Å². The maximum atomic E-state index is 10.9. The Morgan fingerprint density at radius 3 is 2.25 bits per heavy atom. The van der Waals surface area contributed by atoms with Gasteiger partial charge < -0.3 is 10.0 Å². The molecule has 1 saturated heterocycles. The predicted molar refractivity (Wildman–Crippen MR) is 81.2 cm³/mol. The SMILES string of the molecule is Cc1cc(C)c(CCN2CCC(C(=O)O)CC2)c(C)c1. The standard InChI is InChI=1S/C17H25NO2/c1-12-10-13(2)16(14(3)11-12)6-9-18-7-4-15(5-8-18)17(19)20/h10-11,15H,4-9H2,1-3H3,(H,19,20). The number of hydrogen-bond acceptors (Lipinski definition) is 2. The molecule has 0 spiro atoms. The van der Waals surface area contributed by atoms with E-state index in [2.05, 4.69) is 37.8 Å². The monoisotopic (exact) mass is 275 g/mol. The lowest BCUT2D eigenvalue weighted by Gasteiger charge is -2.30. The first-order valence-corrected chi connectivity index (χ1v) is 7.49. The summed E-state index contributed by atoms with van der Waals surface area (Å²) in [7, 11) is 0. The van der Waals surface area contributed by atoms with Crippen LogP contribution in [0.5, 0.6) is 0 Å². The third-order valence-corrected chi connectivity index (χ3v) is 4.46. The van der Waals surface area contributed by atoms with Crippen LogP contribution < -0.4 is 0 Å². The summed E-state index contributed by atoms with van der Waals surface area (Å²) >= 11 is 0. The van der Waals surface area contributed by atoms with Gasteiger partial charge in [0.25, 0.3) is 0 Å². The van der Waals surface area contributed by atoms with Crippen molar-refractivity contribution in [2.45, 2.75) is 40.0 Å². The minimum absolute atomic E-state index is 0.130. The lowest BCUT2D eigenvalue weighted by atomic mass is 9.95. The number of piperidine rings is 1. The molecule has 0 bridgehead atoms. The van der Waals surface area contributed by atoms with E-state index in [9.17, 15) is 4.79 Å². The number of nitrogens with zero attached hydrogens (tertiary/aromatic N) is 1. The molecule has 0 aliphatic carbocycles. The van der Waals surface area contributed by atoms with Gasteiger partial charge in [-0.05, 0) is 69.8 Å². The highest BCUT2D eigenvalue weighted by molar-refractivity contribution is 5.70. The smallest absolute Gasteiger partial charge is 0.306 e. The van der Waals surface area contributed by atoms with E-state index in [1.807, 2.05) is 0 Å². The summed E-state index contributed by atoms with van der Waals surface area (Å²) in [6.45, 7) is 9.39. The molecule has 3 nitrogen and oxygen atoms in total. The summed E-state index contributed by atoms with van der Waals surface area (Å²) in [5.74, 6) is -0.760. The van der Waals surface area contributed by atoms with E-state index in [4.69, 9.17) is 5.11 Å². The summed E-state index contributed by atoms with van der Waals surface area (Å²) in [4.78, 5) is 13.3. The molecular formula is C17H25NO2. The van der Waals surface area contributed by atoms with Crippen LogP contribution >= 0.6 is 0 Å². The van der Waals surface area contributed by atoms with E-state index in [0.717, 1.165) is 38.9 Å². The van der Waals surface area contributed by atoms with Gasteiger partial charge in [0, 0.05) is 6.54 Å². The Kier molecular flexibility index (Phi) is 4.81. The molecule has 0 amide bonds. The first kappa shape index (κ1) is 15.0. The summed E-state index contributed by atoms with van der Waals surface area (Å²) in [5.41, 5.74) is 5.54. The fraction of sp³-hybridized carbons (Fsp3) is 0.588. The zero-order chi connectivity index (χ0) is 14.7. The molecule has 0 unspecified atom stereocenters. The molecule has 1 aromatic carbocycles. The van der Waals surface area contributed by atoms with Gasteiger partial charge in [0.05, 0.1) is 5.92 Å². The summed E-state index contributed by atoms with van der Waals surface area (Å²) in [6.07, 6.45) is 2.65. The molecule has 1 aliphatic rings. The molecule has 1 N–H and O–H groups in total. The van der Waals surface area contributed by atoms with Gasteiger partial charge in [-0.15, -0.1) is 0 Å². The number of carboxylic acid groups (broad SMARTS) is 1. The molecule has 1 fully saturated rings. The molecule has 1 aromatic rings. The Balaban J connectivity index is 1.89. The van der Waals surface area contributed by atoms with Crippen LogP contribution in [-0.4, -0.2) is 35.6 Å². The number of rotatable bonds is 4. The van der Waals surface area contributed by atoms with Crippen molar-refractivity contribution in [1.82, 2.24) is 4.90 Å². The Morgan fingerprint density at radius 2 is 1.75 bits per heavy atom. The topological polar surface area (TPSA) is 40.5 Å². The molecule has 1 heterocycles.